The number of hydrogen-bond donors (Lipinski definition) is 0. The number of benzene rings is 2. The van der Waals surface area contributed by atoms with Crippen LogP contribution in [-0.2, 0) is 9.09 Å². The quantitative estimate of drug-likeness (QED) is 0.585. The lowest BCUT2D eigenvalue weighted by Crippen LogP contribution is -2.22. The Morgan fingerprint density at radius 1 is 0.955 bits per heavy atom. The van der Waals surface area contributed by atoms with Crippen molar-refractivity contribution in [1.82, 2.24) is 0 Å². The average molecular weight is 375 g/mol. The molecular weight excluding hydrogens is 364 g/mol. The number of hydrogen-bond acceptors (Lipinski definition) is 2. The topological polar surface area (TPSA) is 29.5 Å². The molecule has 22 heavy (non-hydrogen) atoms. The van der Waals surface area contributed by atoms with Crippen molar-refractivity contribution in [3.8, 4) is 0 Å². The molecule has 2 aromatic rings. The molecule has 0 aliphatic carbocycles. The molecule has 0 radical (unpaired) electrons. The predicted molar refractivity (Wildman–Crippen MR) is 92.8 cm³/mol. The summed E-state index contributed by atoms with van der Waals surface area (Å²) in [6.45, 7) is -3.13. The highest BCUT2D eigenvalue weighted by molar-refractivity contribution is 7.86. The maximum Gasteiger partial charge on any atom is 0.438 e. The molecule has 0 bridgehead atoms. The van der Waals surface area contributed by atoms with Gasteiger partial charge in [0, 0.05) is 32.5 Å². The molecule has 0 aromatic heterocycles. The van der Waals surface area contributed by atoms with Crippen LogP contribution in [0.3, 0.4) is 0 Å². The molecule has 1 aliphatic rings. The first-order valence-electron chi connectivity index (χ1n) is 6.45. The van der Waals surface area contributed by atoms with Crippen LogP contribution >= 0.6 is 41.3 Å². The predicted octanol–water partition coefficient (Wildman–Crippen LogP) is 6.22. The molecule has 1 unspecified atom stereocenters. The lowest BCUT2D eigenvalue weighted by atomic mass is 10.2. The van der Waals surface area contributed by atoms with E-state index in [1.165, 1.54) is 4.67 Å². The van der Waals surface area contributed by atoms with Gasteiger partial charge in [0.2, 0.25) is 0 Å². The molecule has 0 amide bonds. The van der Waals surface area contributed by atoms with Crippen LogP contribution in [0.1, 0.15) is 5.56 Å². The lowest BCUT2D eigenvalue weighted by molar-refractivity contribution is 0.466. The third kappa shape index (κ3) is 3.28. The average Bonchev–Trinajstić information content (AvgIpc) is 2.48. The summed E-state index contributed by atoms with van der Waals surface area (Å²) in [4.78, 5) is 0. The fraction of sp³-hybridized carbons (Fsp3) is 0.0667. The summed E-state index contributed by atoms with van der Waals surface area (Å²) >= 11 is 17.9. The van der Waals surface area contributed by atoms with Gasteiger partial charge in [0.1, 0.15) is 5.76 Å². The number of halogens is 3. The molecule has 1 aliphatic heterocycles. The number of anilines is 1. The molecule has 114 valence electrons. The number of rotatable bonds is 2. The lowest BCUT2D eigenvalue weighted by Gasteiger charge is -2.32. The first-order valence-corrected chi connectivity index (χ1v) is 9.68. The van der Waals surface area contributed by atoms with Gasteiger partial charge in [-0.1, -0.05) is 23.2 Å². The second-order valence-electron chi connectivity index (χ2n) is 4.68. The highest BCUT2D eigenvalue weighted by Gasteiger charge is 2.35. The Balaban J connectivity index is 1.90. The fourth-order valence-electron chi connectivity index (χ4n) is 2.12. The van der Waals surface area contributed by atoms with Gasteiger partial charge < -0.3 is 4.52 Å². The Bertz CT molecular complexity index is 759. The standard InChI is InChI=1S/C15H11Cl3NO2P/c16-12-3-1-11(2-4-12)15-9-10-19(22(18,20)21-15)14-7-5-13(17)6-8-14/h1-9H,10H2. The molecule has 0 saturated carbocycles. The van der Waals surface area contributed by atoms with E-state index in [1.54, 1.807) is 48.5 Å². The Morgan fingerprint density at radius 3 is 2.05 bits per heavy atom. The van der Waals surface area contributed by atoms with Gasteiger partial charge in [-0.2, -0.15) is 0 Å². The molecular formula is C15H11Cl3NO2P. The second-order valence-corrected chi connectivity index (χ2v) is 8.40. The molecule has 2 aromatic carbocycles. The molecule has 3 rings (SSSR count). The summed E-state index contributed by atoms with van der Waals surface area (Å²) in [5.41, 5.74) is 1.47. The second kappa shape index (κ2) is 6.17. The molecule has 0 spiro atoms. The van der Waals surface area contributed by atoms with Gasteiger partial charge in [-0.05, 0) is 54.6 Å². The van der Waals surface area contributed by atoms with Crippen molar-refractivity contribution in [2.24, 2.45) is 0 Å². The summed E-state index contributed by atoms with van der Waals surface area (Å²) in [5, 5.41) is 1.22. The molecule has 0 N–H and O–H groups in total. The highest BCUT2D eigenvalue weighted by atomic mass is 35.7. The van der Waals surface area contributed by atoms with Crippen LogP contribution in [0.5, 0.6) is 0 Å². The first kappa shape index (κ1) is 15.8. The van der Waals surface area contributed by atoms with E-state index in [0.29, 0.717) is 28.0 Å². The molecule has 1 heterocycles. The summed E-state index contributed by atoms with van der Waals surface area (Å²) in [6.07, 6.45) is 1.83. The van der Waals surface area contributed by atoms with Crippen molar-refractivity contribution in [3.63, 3.8) is 0 Å². The smallest absolute Gasteiger partial charge is 0.418 e. The van der Waals surface area contributed by atoms with Crippen LogP contribution in [0.2, 0.25) is 10.0 Å². The van der Waals surface area contributed by atoms with Crippen LogP contribution in [0, 0.1) is 0 Å². The summed E-state index contributed by atoms with van der Waals surface area (Å²) in [6, 6.07) is 14.0. The molecule has 7 heteroatoms. The summed E-state index contributed by atoms with van der Waals surface area (Å²) in [7, 11) is 0. The van der Waals surface area contributed by atoms with Crippen molar-refractivity contribution >= 4 is 52.8 Å². The minimum Gasteiger partial charge on any atom is -0.418 e. The number of nitrogens with zero attached hydrogens (tertiary/aromatic N) is 1. The Hall–Kier alpha value is -1.12. The summed E-state index contributed by atoms with van der Waals surface area (Å²) < 4.78 is 19.7. The Morgan fingerprint density at radius 2 is 1.50 bits per heavy atom. The SMILES string of the molecule is O=P1(Cl)OC(c2ccc(Cl)cc2)=CCN1c1ccc(Cl)cc1. The fourth-order valence-corrected chi connectivity index (χ4v) is 4.25. The van der Waals surface area contributed by atoms with Crippen molar-refractivity contribution in [3.05, 3.63) is 70.2 Å². The van der Waals surface area contributed by atoms with Gasteiger partial charge >= 0.3 is 6.87 Å². The van der Waals surface area contributed by atoms with Gasteiger partial charge in [0.05, 0.1) is 6.54 Å². The maximum absolute atomic E-state index is 12.7. The molecule has 3 nitrogen and oxygen atoms in total. The van der Waals surface area contributed by atoms with E-state index in [-0.39, 0.29) is 0 Å². The van der Waals surface area contributed by atoms with Gasteiger partial charge in [0.15, 0.2) is 0 Å². The van der Waals surface area contributed by atoms with E-state index < -0.39 is 6.87 Å². The van der Waals surface area contributed by atoms with Gasteiger partial charge in [-0.3, -0.25) is 4.67 Å². The van der Waals surface area contributed by atoms with Gasteiger partial charge in [0.25, 0.3) is 0 Å². The van der Waals surface area contributed by atoms with Crippen LogP contribution in [0.15, 0.2) is 54.6 Å². The van der Waals surface area contributed by atoms with Crippen LogP contribution in [0.25, 0.3) is 5.76 Å². The van der Waals surface area contributed by atoms with Crippen molar-refractivity contribution < 1.29 is 9.09 Å². The van der Waals surface area contributed by atoms with E-state index in [2.05, 4.69) is 0 Å². The first-order chi connectivity index (χ1) is 10.5. The van der Waals surface area contributed by atoms with Crippen molar-refractivity contribution in [1.29, 1.82) is 0 Å². The van der Waals surface area contributed by atoms with E-state index in [9.17, 15) is 4.57 Å². The van der Waals surface area contributed by atoms with E-state index >= 15 is 0 Å². The third-order valence-corrected chi connectivity index (χ3v) is 5.85. The minimum atomic E-state index is -3.51. The van der Waals surface area contributed by atoms with E-state index in [4.69, 9.17) is 39.0 Å². The van der Waals surface area contributed by atoms with Gasteiger partial charge in [-0.25, -0.2) is 4.57 Å². The minimum absolute atomic E-state index is 0.375. The van der Waals surface area contributed by atoms with Crippen molar-refractivity contribution in [2.75, 3.05) is 11.2 Å². The zero-order valence-electron chi connectivity index (χ0n) is 11.2. The maximum atomic E-state index is 12.7. The molecule has 1 atom stereocenters. The zero-order valence-corrected chi connectivity index (χ0v) is 14.4. The molecule has 0 saturated heterocycles. The Kier molecular flexibility index (Phi) is 4.42. The van der Waals surface area contributed by atoms with Crippen LogP contribution in [0.4, 0.5) is 5.69 Å². The van der Waals surface area contributed by atoms with Crippen molar-refractivity contribution in [2.45, 2.75) is 0 Å². The van der Waals surface area contributed by atoms with Gasteiger partial charge in [-0.15, -0.1) is 0 Å². The largest absolute Gasteiger partial charge is 0.438 e. The van der Waals surface area contributed by atoms with E-state index in [1.807, 2.05) is 6.08 Å². The molecule has 0 fully saturated rings. The van der Waals surface area contributed by atoms with Crippen LogP contribution in [-0.4, -0.2) is 6.54 Å². The third-order valence-electron chi connectivity index (χ3n) is 3.20. The Labute approximate surface area is 143 Å². The van der Waals surface area contributed by atoms with E-state index in [0.717, 1.165) is 5.56 Å². The normalized spacial score (nSPS) is 21.2. The summed E-state index contributed by atoms with van der Waals surface area (Å²) in [5.74, 6) is 0.486. The zero-order chi connectivity index (χ0) is 15.7. The van der Waals surface area contributed by atoms with Crippen LogP contribution < -0.4 is 4.67 Å². The monoisotopic (exact) mass is 373 g/mol. The highest BCUT2D eigenvalue weighted by Crippen LogP contribution is 2.62.